The fourth-order valence-corrected chi connectivity index (χ4v) is 3.90. The quantitative estimate of drug-likeness (QED) is 0.374. The van der Waals surface area contributed by atoms with Gasteiger partial charge in [0.2, 0.25) is 11.8 Å². The zero-order valence-electron chi connectivity index (χ0n) is 21.3. The Labute approximate surface area is 206 Å². The molecule has 3 N–H and O–H groups in total. The molecule has 0 saturated heterocycles. The molecule has 0 aliphatic rings. The van der Waals surface area contributed by atoms with Crippen molar-refractivity contribution in [2.24, 2.45) is 7.05 Å². The Morgan fingerprint density at radius 2 is 1.86 bits per heavy atom. The molecule has 0 aliphatic carbocycles. The van der Waals surface area contributed by atoms with Crippen LogP contribution in [0.1, 0.15) is 13.8 Å². The van der Waals surface area contributed by atoms with E-state index in [9.17, 15) is 0 Å². The van der Waals surface area contributed by atoms with Gasteiger partial charge in [-0.3, -0.25) is 0 Å². The molecule has 0 saturated carbocycles. The zero-order chi connectivity index (χ0) is 25.1. The molecule has 4 aromatic rings. The second-order valence-electron chi connectivity index (χ2n) is 9.21. The van der Waals surface area contributed by atoms with E-state index in [1.807, 2.05) is 71.2 Å². The summed E-state index contributed by atoms with van der Waals surface area (Å²) in [6.07, 6.45) is 3.77. The molecular weight excluding hydrogens is 440 g/mol. The molecule has 0 aliphatic heterocycles. The van der Waals surface area contributed by atoms with Gasteiger partial charge in [0.25, 0.3) is 0 Å². The molecular formula is C26H34N8O. The number of nitrogens with two attached hydrogens (primary N) is 1. The monoisotopic (exact) mass is 474 g/mol. The number of para-hydroxylation sites is 1. The number of benzene rings is 1. The molecule has 4 rings (SSSR count). The van der Waals surface area contributed by atoms with Crippen molar-refractivity contribution in [3.05, 3.63) is 48.8 Å². The minimum Gasteiger partial charge on any atom is -0.473 e. The number of aromatic nitrogens is 4. The Hall–Kier alpha value is -3.85. The number of rotatable bonds is 9. The maximum absolute atomic E-state index is 6.41. The van der Waals surface area contributed by atoms with Crippen LogP contribution in [0.15, 0.2) is 48.8 Å². The molecule has 3 aromatic heterocycles. The Bertz CT molecular complexity index is 1310. The molecule has 0 unspecified atom stereocenters. The van der Waals surface area contributed by atoms with E-state index in [-0.39, 0.29) is 6.10 Å². The summed E-state index contributed by atoms with van der Waals surface area (Å²) in [5.41, 5.74) is 10.6. The minimum absolute atomic E-state index is 0.0606. The summed E-state index contributed by atoms with van der Waals surface area (Å²) in [7, 11) is 8.09. The summed E-state index contributed by atoms with van der Waals surface area (Å²) >= 11 is 0. The number of hydrogen-bond acceptors (Lipinski definition) is 8. The molecule has 0 atom stereocenters. The molecule has 1 aromatic carbocycles. The number of ether oxygens (including phenoxy) is 1. The summed E-state index contributed by atoms with van der Waals surface area (Å²) in [6, 6.07) is 12.0. The van der Waals surface area contributed by atoms with Gasteiger partial charge in [-0.25, -0.2) is 9.97 Å². The molecule has 0 bridgehead atoms. The number of anilines is 4. The number of nitrogens with one attached hydrogen (secondary N) is 1. The number of nitrogen functional groups attached to an aromatic ring is 1. The topological polar surface area (TPSA) is 97.4 Å². The first kappa shape index (κ1) is 24.3. The highest BCUT2D eigenvalue weighted by molar-refractivity contribution is 5.95. The Kier molecular flexibility index (Phi) is 7.07. The van der Waals surface area contributed by atoms with Crippen LogP contribution >= 0.6 is 0 Å². The predicted octanol–water partition coefficient (Wildman–Crippen LogP) is 4.14. The molecule has 0 amide bonds. The SMILES string of the molecule is CC(C)Oc1nc(N(C)CCN(C)C)c(N)cc1Nc1nccc(-c2cn(C)c3ccccc23)n1. The Morgan fingerprint density at radius 3 is 2.60 bits per heavy atom. The molecule has 0 spiro atoms. The van der Waals surface area contributed by atoms with Gasteiger partial charge in [-0.1, -0.05) is 18.2 Å². The maximum Gasteiger partial charge on any atom is 0.240 e. The third-order valence-electron chi connectivity index (χ3n) is 5.66. The van der Waals surface area contributed by atoms with Crippen molar-refractivity contribution in [3.63, 3.8) is 0 Å². The van der Waals surface area contributed by atoms with Gasteiger partial charge < -0.3 is 30.2 Å². The fourth-order valence-electron chi connectivity index (χ4n) is 3.90. The first-order valence-corrected chi connectivity index (χ1v) is 11.7. The van der Waals surface area contributed by atoms with Gasteiger partial charge in [0, 0.05) is 56.0 Å². The zero-order valence-corrected chi connectivity index (χ0v) is 21.3. The smallest absolute Gasteiger partial charge is 0.240 e. The van der Waals surface area contributed by atoms with Crippen molar-refractivity contribution in [2.45, 2.75) is 20.0 Å². The van der Waals surface area contributed by atoms with Crippen molar-refractivity contribution in [1.29, 1.82) is 0 Å². The molecule has 9 heteroatoms. The van der Waals surface area contributed by atoms with Crippen molar-refractivity contribution in [2.75, 3.05) is 50.2 Å². The van der Waals surface area contributed by atoms with Crippen LogP contribution in [0.3, 0.4) is 0 Å². The third-order valence-corrected chi connectivity index (χ3v) is 5.66. The standard InChI is InChI=1S/C26H34N8O/c1-17(2)35-25-22(15-20(27)24(31-25)33(5)14-13-32(3)4)30-26-28-12-11-21(29-26)19-16-34(6)23-10-8-7-9-18(19)23/h7-12,15-17H,13-14,27H2,1-6H3,(H,28,29,30). The van der Waals surface area contributed by atoms with Crippen molar-refractivity contribution in [3.8, 4) is 17.1 Å². The predicted molar refractivity (Wildman–Crippen MR) is 143 cm³/mol. The molecule has 184 valence electrons. The summed E-state index contributed by atoms with van der Waals surface area (Å²) in [5, 5.41) is 4.42. The molecule has 3 heterocycles. The van der Waals surface area contributed by atoms with Crippen LogP contribution < -0.4 is 20.7 Å². The number of likely N-dealkylation sites (N-methyl/N-ethyl adjacent to an activating group) is 2. The maximum atomic E-state index is 6.41. The van der Waals surface area contributed by atoms with Gasteiger partial charge >= 0.3 is 0 Å². The van der Waals surface area contributed by atoms with Crippen LogP contribution in [0.5, 0.6) is 5.88 Å². The molecule has 9 nitrogen and oxygen atoms in total. The second kappa shape index (κ2) is 10.2. The lowest BCUT2D eigenvalue weighted by Gasteiger charge is -2.24. The highest BCUT2D eigenvalue weighted by Gasteiger charge is 2.17. The normalized spacial score (nSPS) is 11.4. The molecule has 0 fully saturated rings. The lowest BCUT2D eigenvalue weighted by Crippen LogP contribution is -2.29. The van der Waals surface area contributed by atoms with Crippen LogP contribution in [0, 0.1) is 0 Å². The number of nitrogens with zero attached hydrogens (tertiary/aromatic N) is 6. The van der Waals surface area contributed by atoms with E-state index in [0.29, 0.717) is 29.0 Å². The van der Waals surface area contributed by atoms with E-state index in [0.717, 1.165) is 35.2 Å². The van der Waals surface area contributed by atoms with Gasteiger partial charge in [-0.05, 0) is 46.1 Å². The third kappa shape index (κ3) is 5.46. The lowest BCUT2D eigenvalue weighted by molar-refractivity contribution is 0.234. The number of pyridine rings is 1. The molecule has 0 radical (unpaired) electrons. The fraction of sp³-hybridized carbons (Fsp3) is 0.346. The van der Waals surface area contributed by atoms with Crippen molar-refractivity contribution in [1.82, 2.24) is 24.4 Å². The van der Waals surface area contributed by atoms with E-state index in [4.69, 9.17) is 20.4 Å². The Morgan fingerprint density at radius 1 is 1.09 bits per heavy atom. The Balaban J connectivity index is 1.67. The minimum atomic E-state index is -0.0606. The van der Waals surface area contributed by atoms with E-state index in [2.05, 4.69) is 38.1 Å². The van der Waals surface area contributed by atoms with E-state index in [1.165, 1.54) is 0 Å². The van der Waals surface area contributed by atoms with Crippen LogP contribution in [0.2, 0.25) is 0 Å². The average Bonchev–Trinajstić information content (AvgIpc) is 3.16. The van der Waals surface area contributed by atoms with Crippen molar-refractivity contribution < 1.29 is 4.74 Å². The number of hydrogen-bond donors (Lipinski definition) is 2. The van der Waals surface area contributed by atoms with Gasteiger partial charge in [0.1, 0.15) is 5.69 Å². The summed E-state index contributed by atoms with van der Waals surface area (Å²) in [5.74, 6) is 1.58. The second-order valence-corrected chi connectivity index (χ2v) is 9.21. The van der Waals surface area contributed by atoms with Crippen molar-refractivity contribution >= 4 is 34.0 Å². The van der Waals surface area contributed by atoms with Gasteiger partial charge in [0.05, 0.1) is 17.5 Å². The van der Waals surface area contributed by atoms with Gasteiger partial charge in [0.15, 0.2) is 5.82 Å². The van der Waals surface area contributed by atoms with Crippen LogP contribution in [0.25, 0.3) is 22.2 Å². The summed E-state index contributed by atoms with van der Waals surface area (Å²) in [4.78, 5) is 18.1. The largest absolute Gasteiger partial charge is 0.473 e. The highest BCUT2D eigenvalue weighted by Crippen LogP contribution is 2.34. The average molecular weight is 475 g/mol. The summed E-state index contributed by atoms with van der Waals surface area (Å²) < 4.78 is 8.14. The summed E-state index contributed by atoms with van der Waals surface area (Å²) in [6.45, 7) is 5.60. The number of aryl methyl sites for hydroxylation is 1. The number of fused-ring (bicyclic) bond motifs is 1. The van der Waals surface area contributed by atoms with Gasteiger partial charge in [-0.15, -0.1) is 0 Å². The lowest BCUT2D eigenvalue weighted by atomic mass is 10.1. The van der Waals surface area contributed by atoms with Crippen LogP contribution in [-0.4, -0.2) is 64.8 Å². The first-order chi connectivity index (χ1) is 16.7. The first-order valence-electron chi connectivity index (χ1n) is 11.7. The van der Waals surface area contributed by atoms with Crippen LogP contribution in [0.4, 0.5) is 23.1 Å². The highest BCUT2D eigenvalue weighted by atomic mass is 16.5. The molecule has 35 heavy (non-hydrogen) atoms. The van der Waals surface area contributed by atoms with E-state index in [1.54, 1.807) is 6.20 Å². The van der Waals surface area contributed by atoms with E-state index >= 15 is 0 Å². The van der Waals surface area contributed by atoms with Crippen LogP contribution in [-0.2, 0) is 7.05 Å². The van der Waals surface area contributed by atoms with Gasteiger partial charge in [-0.2, -0.15) is 4.98 Å². The van der Waals surface area contributed by atoms with E-state index < -0.39 is 0 Å².